The van der Waals surface area contributed by atoms with E-state index in [1.165, 1.54) is 17.0 Å². The average molecular weight is 603 g/mol. The molecular formula is C30H33F3N4O6. The van der Waals surface area contributed by atoms with Crippen LogP contribution in [0.4, 0.5) is 23.7 Å². The number of nitrogens with one attached hydrogen (secondary N) is 2. The number of carbonyl (C=O) groups is 4. The van der Waals surface area contributed by atoms with Crippen molar-refractivity contribution in [3.8, 4) is 11.5 Å². The predicted octanol–water partition coefficient (Wildman–Crippen LogP) is 4.68. The fraction of sp³-hybridized carbons (Fsp3) is 0.467. The third-order valence-electron chi connectivity index (χ3n) is 7.94. The molecule has 0 aromatic heterocycles. The number of imide groups is 1. The van der Waals surface area contributed by atoms with Gasteiger partial charge in [0.15, 0.2) is 11.5 Å². The molecule has 10 nitrogen and oxygen atoms in total. The van der Waals surface area contributed by atoms with Crippen LogP contribution in [0, 0.1) is 5.92 Å². The second kappa shape index (κ2) is 12.9. The van der Waals surface area contributed by atoms with Crippen LogP contribution in [-0.4, -0.2) is 59.5 Å². The molecule has 0 spiro atoms. The van der Waals surface area contributed by atoms with Gasteiger partial charge in [0.05, 0.1) is 11.5 Å². The molecule has 2 heterocycles. The summed E-state index contributed by atoms with van der Waals surface area (Å²) < 4.78 is 49.9. The van der Waals surface area contributed by atoms with E-state index in [-0.39, 0.29) is 43.8 Å². The van der Waals surface area contributed by atoms with E-state index in [0.717, 1.165) is 35.4 Å². The number of alkyl halides is 3. The van der Waals surface area contributed by atoms with E-state index in [1.54, 1.807) is 12.1 Å². The summed E-state index contributed by atoms with van der Waals surface area (Å²) in [6.45, 7) is 0.197. The Morgan fingerprint density at radius 2 is 1.74 bits per heavy atom. The number of hydrogen-bond donors (Lipinski definition) is 2. The van der Waals surface area contributed by atoms with E-state index in [0.29, 0.717) is 43.7 Å². The molecule has 0 radical (unpaired) electrons. The highest BCUT2D eigenvalue weighted by Crippen LogP contribution is 2.35. The molecule has 5 amide bonds. The third-order valence-corrected chi connectivity index (χ3v) is 7.94. The van der Waals surface area contributed by atoms with Crippen molar-refractivity contribution in [2.45, 2.75) is 63.7 Å². The molecule has 3 aliphatic rings. The number of benzene rings is 2. The van der Waals surface area contributed by atoms with Crippen LogP contribution < -0.4 is 20.1 Å². The fourth-order valence-electron chi connectivity index (χ4n) is 5.78. The Labute approximate surface area is 246 Å². The van der Waals surface area contributed by atoms with E-state index < -0.39 is 35.6 Å². The highest BCUT2D eigenvalue weighted by molar-refractivity contribution is 6.01. The first kappa shape index (κ1) is 30.2. The fourth-order valence-corrected chi connectivity index (χ4v) is 5.78. The van der Waals surface area contributed by atoms with Crippen LogP contribution in [0.1, 0.15) is 56.1 Å². The lowest BCUT2D eigenvalue weighted by Gasteiger charge is -2.46. The number of hydrogen-bond acceptors (Lipinski definition) is 6. The van der Waals surface area contributed by atoms with Gasteiger partial charge in [-0.25, -0.2) is 4.79 Å². The number of anilines is 1. The smallest absolute Gasteiger partial charge is 0.416 e. The first-order chi connectivity index (χ1) is 20.6. The topological polar surface area (TPSA) is 117 Å². The van der Waals surface area contributed by atoms with Crippen molar-refractivity contribution >= 4 is 29.4 Å². The van der Waals surface area contributed by atoms with E-state index in [2.05, 4.69) is 10.6 Å². The summed E-state index contributed by atoms with van der Waals surface area (Å²) in [5.41, 5.74) is -0.0689. The maximum absolute atomic E-state index is 13.4. The number of rotatable bonds is 10. The SMILES string of the molecule is O=C(CCCCN1C(=O)C2CCCCC2N(CC(=O)Nc2cccc(C(F)(F)F)c2)C1=O)NCc1ccc2c(c1)OCO2. The van der Waals surface area contributed by atoms with Gasteiger partial charge < -0.3 is 25.0 Å². The zero-order chi connectivity index (χ0) is 30.6. The molecule has 13 heteroatoms. The molecule has 43 heavy (non-hydrogen) atoms. The molecule has 1 saturated carbocycles. The van der Waals surface area contributed by atoms with Crippen molar-refractivity contribution in [3.05, 3.63) is 53.6 Å². The van der Waals surface area contributed by atoms with Crippen molar-refractivity contribution in [2.75, 3.05) is 25.2 Å². The molecule has 2 fully saturated rings. The minimum absolute atomic E-state index is 0.0331. The summed E-state index contributed by atoms with van der Waals surface area (Å²) in [6, 6.07) is 8.66. The molecule has 2 atom stereocenters. The van der Waals surface area contributed by atoms with Crippen molar-refractivity contribution in [1.82, 2.24) is 15.1 Å². The number of fused-ring (bicyclic) bond motifs is 2. The molecule has 230 valence electrons. The summed E-state index contributed by atoms with van der Waals surface area (Å²) in [7, 11) is 0. The molecule has 2 N–H and O–H groups in total. The number of unbranched alkanes of at least 4 members (excludes halogenated alkanes) is 1. The predicted molar refractivity (Wildman–Crippen MR) is 148 cm³/mol. The second-order valence-electron chi connectivity index (χ2n) is 10.9. The van der Waals surface area contributed by atoms with Crippen LogP contribution in [0.2, 0.25) is 0 Å². The quantitative estimate of drug-likeness (QED) is 0.382. The van der Waals surface area contributed by atoms with Crippen LogP contribution in [0.3, 0.4) is 0 Å². The van der Waals surface area contributed by atoms with Crippen LogP contribution >= 0.6 is 0 Å². The summed E-state index contributed by atoms with van der Waals surface area (Å²) in [5.74, 6) is -0.259. The molecule has 0 bridgehead atoms. The Bertz CT molecular complexity index is 1380. The Morgan fingerprint density at radius 3 is 2.56 bits per heavy atom. The Hall–Kier alpha value is -4.29. The lowest BCUT2D eigenvalue weighted by Crippen LogP contribution is -2.63. The van der Waals surface area contributed by atoms with Crippen molar-refractivity contribution < 1.29 is 41.8 Å². The zero-order valence-corrected chi connectivity index (χ0v) is 23.5. The molecule has 1 aliphatic carbocycles. The number of halogens is 3. The van der Waals surface area contributed by atoms with E-state index in [4.69, 9.17) is 9.47 Å². The van der Waals surface area contributed by atoms with E-state index in [9.17, 15) is 32.3 Å². The van der Waals surface area contributed by atoms with Gasteiger partial charge in [-0.2, -0.15) is 13.2 Å². The van der Waals surface area contributed by atoms with Gasteiger partial charge in [0.25, 0.3) is 0 Å². The van der Waals surface area contributed by atoms with E-state index in [1.807, 2.05) is 6.07 Å². The van der Waals surface area contributed by atoms with Gasteiger partial charge in [-0.15, -0.1) is 0 Å². The van der Waals surface area contributed by atoms with Gasteiger partial charge in [-0.05, 0) is 61.6 Å². The Morgan fingerprint density at radius 1 is 0.953 bits per heavy atom. The monoisotopic (exact) mass is 602 g/mol. The molecule has 2 aromatic rings. The van der Waals surface area contributed by atoms with Gasteiger partial charge >= 0.3 is 12.2 Å². The normalized spacial score (nSPS) is 19.7. The minimum Gasteiger partial charge on any atom is -0.454 e. The maximum atomic E-state index is 13.4. The van der Waals surface area contributed by atoms with Gasteiger partial charge in [0.2, 0.25) is 24.5 Å². The van der Waals surface area contributed by atoms with Crippen molar-refractivity contribution in [2.24, 2.45) is 5.92 Å². The van der Waals surface area contributed by atoms with E-state index >= 15 is 0 Å². The number of amides is 5. The van der Waals surface area contributed by atoms with Gasteiger partial charge in [-0.3, -0.25) is 19.3 Å². The van der Waals surface area contributed by atoms with Crippen LogP contribution in [0.5, 0.6) is 11.5 Å². The lowest BCUT2D eigenvalue weighted by molar-refractivity contribution is -0.141. The van der Waals surface area contributed by atoms with Gasteiger partial charge in [0, 0.05) is 31.2 Å². The molecule has 5 rings (SSSR count). The third kappa shape index (κ3) is 7.20. The Balaban J connectivity index is 1.14. The standard InChI is InChI=1S/C30H33F3N4O6/c31-30(32,33)20-6-5-7-21(15-20)35-27(39)17-37-23-9-2-1-8-22(23)28(40)36(29(37)41)13-4-3-10-26(38)34-16-19-11-12-24-25(14-19)43-18-42-24/h5-7,11-12,14-15,22-23H,1-4,8-10,13,16-18H2,(H,34,38)(H,35,39). The summed E-state index contributed by atoms with van der Waals surface area (Å²) >= 11 is 0. The lowest BCUT2D eigenvalue weighted by atomic mass is 9.81. The average Bonchev–Trinajstić information content (AvgIpc) is 3.45. The Kier molecular flexibility index (Phi) is 9.07. The number of urea groups is 1. The number of carbonyl (C=O) groups excluding carboxylic acids is 4. The molecule has 2 unspecified atom stereocenters. The first-order valence-electron chi connectivity index (χ1n) is 14.3. The van der Waals surface area contributed by atoms with Crippen molar-refractivity contribution in [1.29, 1.82) is 0 Å². The summed E-state index contributed by atoms with van der Waals surface area (Å²) in [5, 5.41) is 5.30. The highest BCUT2D eigenvalue weighted by Gasteiger charge is 2.47. The molecule has 2 aliphatic heterocycles. The van der Waals surface area contributed by atoms with Crippen molar-refractivity contribution in [3.63, 3.8) is 0 Å². The second-order valence-corrected chi connectivity index (χ2v) is 10.9. The maximum Gasteiger partial charge on any atom is 0.416 e. The van der Waals surface area contributed by atoms with Crippen LogP contribution in [0.25, 0.3) is 0 Å². The molecule has 2 aromatic carbocycles. The molecular weight excluding hydrogens is 569 g/mol. The first-order valence-corrected chi connectivity index (χ1v) is 14.3. The van der Waals surface area contributed by atoms with Gasteiger partial charge in [-0.1, -0.05) is 25.0 Å². The number of ether oxygens (including phenoxy) is 2. The van der Waals surface area contributed by atoms with Gasteiger partial charge in [0.1, 0.15) is 6.54 Å². The van der Waals surface area contributed by atoms with Crippen LogP contribution in [0.15, 0.2) is 42.5 Å². The van der Waals surface area contributed by atoms with Crippen LogP contribution in [-0.2, 0) is 27.1 Å². The zero-order valence-electron chi connectivity index (χ0n) is 23.5. The number of nitrogens with zero attached hydrogens (tertiary/aromatic N) is 2. The largest absolute Gasteiger partial charge is 0.454 e. The minimum atomic E-state index is -4.56. The molecule has 1 saturated heterocycles. The highest BCUT2D eigenvalue weighted by atomic mass is 19.4. The summed E-state index contributed by atoms with van der Waals surface area (Å²) in [6.07, 6.45) is -0.747. The summed E-state index contributed by atoms with van der Waals surface area (Å²) in [4.78, 5) is 54.5.